The Hall–Kier alpha value is -2.78. The van der Waals surface area contributed by atoms with Gasteiger partial charge in [0.2, 0.25) is 0 Å². The van der Waals surface area contributed by atoms with Gasteiger partial charge in [0, 0.05) is 44.8 Å². The zero-order valence-electron chi connectivity index (χ0n) is 18.4. The van der Waals surface area contributed by atoms with Crippen LogP contribution in [0.4, 0.5) is 0 Å². The van der Waals surface area contributed by atoms with Crippen LogP contribution in [0.3, 0.4) is 0 Å². The first-order chi connectivity index (χ1) is 15.3. The summed E-state index contributed by atoms with van der Waals surface area (Å²) < 4.78 is 25.4. The van der Waals surface area contributed by atoms with Gasteiger partial charge in [-0.1, -0.05) is 30.3 Å². The number of aromatic nitrogens is 3. The van der Waals surface area contributed by atoms with E-state index in [0.29, 0.717) is 43.8 Å². The molecule has 0 saturated carbocycles. The van der Waals surface area contributed by atoms with E-state index in [-0.39, 0.29) is 23.5 Å². The highest BCUT2D eigenvalue weighted by Gasteiger charge is 2.35. The van der Waals surface area contributed by atoms with Crippen LogP contribution < -0.4 is 0 Å². The molecular weight excluding hydrogens is 426 g/mol. The van der Waals surface area contributed by atoms with Gasteiger partial charge in [-0.3, -0.25) is 14.4 Å². The zero-order chi connectivity index (χ0) is 22.5. The first-order valence-corrected chi connectivity index (χ1v) is 12.8. The number of piperazine rings is 1. The molecule has 3 aromatic rings. The molecule has 2 aromatic heterocycles. The first-order valence-electron chi connectivity index (χ1n) is 11.0. The summed E-state index contributed by atoms with van der Waals surface area (Å²) in [5.41, 5.74) is 3.81. The summed E-state index contributed by atoms with van der Waals surface area (Å²) in [6, 6.07) is 11.8. The van der Waals surface area contributed by atoms with Gasteiger partial charge in [-0.05, 0) is 19.4 Å². The van der Waals surface area contributed by atoms with E-state index in [1.165, 1.54) is 0 Å². The number of sulfone groups is 1. The van der Waals surface area contributed by atoms with E-state index in [0.717, 1.165) is 22.3 Å². The fraction of sp³-hybridized carbons (Fsp3) is 0.435. The summed E-state index contributed by atoms with van der Waals surface area (Å²) >= 11 is 0. The fourth-order valence-corrected chi connectivity index (χ4v) is 6.66. The monoisotopic (exact) mass is 453 g/mol. The number of nitrogens with zero attached hydrogens (tertiary/aromatic N) is 5. The topological polar surface area (TPSA) is 88.4 Å². The van der Waals surface area contributed by atoms with Crippen molar-refractivity contribution in [3.63, 3.8) is 0 Å². The second-order valence-corrected chi connectivity index (χ2v) is 10.9. The van der Waals surface area contributed by atoms with Crippen LogP contribution in [-0.2, 0) is 16.9 Å². The minimum Gasteiger partial charge on any atom is -0.336 e. The van der Waals surface area contributed by atoms with Crippen molar-refractivity contribution < 1.29 is 13.2 Å². The molecule has 1 aromatic carbocycles. The number of pyridine rings is 1. The van der Waals surface area contributed by atoms with Crippen molar-refractivity contribution in [3.8, 4) is 11.3 Å². The summed E-state index contributed by atoms with van der Waals surface area (Å²) in [7, 11) is -1.07. The lowest BCUT2D eigenvalue weighted by Crippen LogP contribution is -2.52. The van der Waals surface area contributed by atoms with Crippen LogP contribution in [0, 0.1) is 6.92 Å². The van der Waals surface area contributed by atoms with Gasteiger partial charge in [-0.25, -0.2) is 13.4 Å². The molecule has 8 nitrogen and oxygen atoms in total. The molecule has 0 spiro atoms. The van der Waals surface area contributed by atoms with E-state index in [1.54, 1.807) is 4.68 Å². The van der Waals surface area contributed by atoms with Crippen molar-refractivity contribution in [2.45, 2.75) is 19.4 Å². The van der Waals surface area contributed by atoms with Gasteiger partial charge in [0.05, 0.1) is 33.8 Å². The quantitative estimate of drug-likeness (QED) is 0.602. The summed E-state index contributed by atoms with van der Waals surface area (Å²) in [6.45, 7) is 4.45. The second-order valence-electron chi connectivity index (χ2n) is 8.71. The average molecular weight is 454 g/mol. The maximum atomic E-state index is 13.6. The summed E-state index contributed by atoms with van der Waals surface area (Å²) in [6.07, 6.45) is 0.691. The Balaban J connectivity index is 1.43. The highest BCUT2D eigenvalue weighted by atomic mass is 32.2. The molecule has 32 heavy (non-hydrogen) atoms. The molecule has 0 bridgehead atoms. The minimum atomic E-state index is -2.91. The third-order valence-electron chi connectivity index (χ3n) is 6.59. The number of amides is 1. The largest absolute Gasteiger partial charge is 0.336 e. The number of rotatable bonds is 3. The van der Waals surface area contributed by atoms with Crippen LogP contribution >= 0.6 is 0 Å². The molecule has 2 saturated heterocycles. The Labute approximate surface area is 187 Å². The van der Waals surface area contributed by atoms with E-state index < -0.39 is 9.84 Å². The molecule has 1 atom stereocenters. The number of fused-ring (bicyclic) bond motifs is 1. The van der Waals surface area contributed by atoms with E-state index >= 15 is 0 Å². The summed E-state index contributed by atoms with van der Waals surface area (Å²) in [5.74, 6) is 0.486. The van der Waals surface area contributed by atoms with Gasteiger partial charge in [0.1, 0.15) is 0 Å². The van der Waals surface area contributed by atoms with Crippen molar-refractivity contribution in [1.29, 1.82) is 0 Å². The number of hydrogen-bond acceptors (Lipinski definition) is 6. The lowest BCUT2D eigenvalue weighted by Gasteiger charge is -2.37. The molecular formula is C23H27N5O3S. The predicted molar refractivity (Wildman–Crippen MR) is 123 cm³/mol. The summed E-state index contributed by atoms with van der Waals surface area (Å²) in [5, 5.41) is 5.30. The van der Waals surface area contributed by atoms with Gasteiger partial charge < -0.3 is 4.90 Å². The highest BCUT2D eigenvalue weighted by molar-refractivity contribution is 7.91. The summed E-state index contributed by atoms with van der Waals surface area (Å²) in [4.78, 5) is 22.5. The van der Waals surface area contributed by atoms with Gasteiger partial charge in [0.25, 0.3) is 5.91 Å². The van der Waals surface area contributed by atoms with E-state index in [4.69, 9.17) is 4.98 Å². The average Bonchev–Trinajstić information content (AvgIpc) is 3.31. The fourth-order valence-electron chi connectivity index (χ4n) is 4.89. The normalized spacial score (nSPS) is 21.3. The Morgan fingerprint density at radius 2 is 1.81 bits per heavy atom. The first kappa shape index (κ1) is 21.1. The Kier molecular flexibility index (Phi) is 5.25. The molecule has 5 rings (SSSR count). The van der Waals surface area contributed by atoms with Crippen LogP contribution in [0.25, 0.3) is 22.3 Å². The van der Waals surface area contributed by atoms with Gasteiger partial charge in [-0.2, -0.15) is 5.10 Å². The van der Waals surface area contributed by atoms with Gasteiger partial charge >= 0.3 is 0 Å². The van der Waals surface area contributed by atoms with Crippen molar-refractivity contribution >= 4 is 26.8 Å². The molecule has 2 aliphatic rings. The third-order valence-corrected chi connectivity index (χ3v) is 8.35. The Morgan fingerprint density at radius 3 is 2.47 bits per heavy atom. The molecule has 9 heteroatoms. The number of hydrogen-bond donors (Lipinski definition) is 0. The molecule has 4 heterocycles. The van der Waals surface area contributed by atoms with Crippen molar-refractivity contribution in [2.75, 3.05) is 37.7 Å². The maximum Gasteiger partial charge on any atom is 0.254 e. The van der Waals surface area contributed by atoms with E-state index in [1.807, 2.05) is 55.3 Å². The minimum absolute atomic E-state index is 0.0237. The third kappa shape index (κ3) is 3.80. The van der Waals surface area contributed by atoms with Gasteiger partial charge in [0.15, 0.2) is 15.5 Å². The molecule has 1 amide bonds. The molecule has 2 fully saturated rings. The van der Waals surface area contributed by atoms with Crippen LogP contribution in [0.15, 0.2) is 36.4 Å². The second kappa shape index (κ2) is 7.97. The molecule has 0 radical (unpaired) electrons. The molecule has 1 unspecified atom stereocenters. The SMILES string of the molecule is Cc1nn(C)c2nc(-c3ccccc3)cc(C(=O)N3CCN(C4CCS(=O)(=O)C4)CC3)c12. The van der Waals surface area contributed by atoms with E-state index in [2.05, 4.69) is 10.00 Å². The Morgan fingerprint density at radius 1 is 1.09 bits per heavy atom. The van der Waals surface area contributed by atoms with Crippen LogP contribution in [-0.4, -0.2) is 82.6 Å². The number of carbonyl (C=O) groups is 1. The Bertz CT molecular complexity index is 1280. The maximum absolute atomic E-state index is 13.6. The molecule has 0 N–H and O–H groups in total. The van der Waals surface area contributed by atoms with Crippen molar-refractivity contribution in [3.05, 3.63) is 47.7 Å². The van der Waals surface area contributed by atoms with Crippen molar-refractivity contribution in [1.82, 2.24) is 24.6 Å². The van der Waals surface area contributed by atoms with Crippen LogP contribution in [0.5, 0.6) is 0 Å². The van der Waals surface area contributed by atoms with Crippen LogP contribution in [0.1, 0.15) is 22.5 Å². The zero-order valence-corrected chi connectivity index (χ0v) is 19.2. The molecule has 168 valence electrons. The van der Waals surface area contributed by atoms with Gasteiger partial charge in [-0.15, -0.1) is 0 Å². The van der Waals surface area contributed by atoms with E-state index in [9.17, 15) is 13.2 Å². The molecule has 2 aliphatic heterocycles. The number of benzene rings is 1. The highest BCUT2D eigenvalue weighted by Crippen LogP contribution is 2.28. The standard InChI is InChI=1S/C23H27N5O3S/c1-16-21-19(14-20(17-6-4-3-5-7-17)24-22(21)26(2)25-16)23(29)28-11-9-27(10-12-28)18-8-13-32(30,31)15-18/h3-7,14,18H,8-13,15H2,1-2H3. The smallest absolute Gasteiger partial charge is 0.254 e. The number of aryl methyl sites for hydroxylation is 2. The predicted octanol–water partition coefficient (Wildman–Crippen LogP) is 1.89. The number of carbonyl (C=O) groups excluding carboxylic acids is 1. The molecule has 0 aliphatic carbocycles. The van der Waals surface area contributed by atoms with Crippen molar-refractivity contribution in [2.24, 2.45) is 7.05 Å². The lowest BCUT2D eigenvalue weighted by molar-refractivity contribution is 0.0589. The lowest BCUT2D eigenvalue weighted by atomic mass is 10.0. The van der Waals surface area contributed by atoms with Crippen LogP contribution in [0.2, 0.25) is 0 Å².